The molecule has 146 valence electrons. The second-order valence-electron chi connectivity index (χ2n) is 6.66. The summed E-state index contributed by atoms with van der Waals surface area (Å²) in [6.45, 7) is 9.48. The lowest BCUT2D eigenvalue weighted by Gasteiger charge is -2.33. The number of ether oxygens (including phenoxy) is 1. The van der Waals surface area contributed by atoms with Crippen molar-refractivity contribution in [2.45, 2.75) is 53.0 Å². The van der Waals surface area contributed by atoms with Gasteiger partial charge in [0.2, 0.25) is 0 Å². The zero-order chi connectivity index (χ0) is 19.1. The maximum absolute atomic E-state index is 11.7. The average Bonchev–Trinajstić information content (AvgIpc) is 2.99. The number of rotatable bonds is 6. The van der Waals surface area contributed by atoms with Crippen LogP contribution in [0.25, 0.3) is 0 Å². The zero-order valence-electron chi connectivity index (χ0n) is 16.8. The number of nitrogens with zero attached hydrogens (tertiary/aromatic N) is 4. The predicted molar refractivity (Wildman–Crippen MR) is 103 cm³/mol. The van der Waals surface area contributed by atoms with E-state index in [4.69, 9.17) is 9.73 Å². The molecule has 7 nitrogen and oxygen atoms in total. The van der Waals surface area contributed by atoms with Gasteiger partial charge < -0.3 is 15.0 Å². The van der Waals surface area contributed by atoms with Crippen LogP contribution in [-0.4, -0.2) is 53.4 Å². The number of aryl methyl sites for hydroxylation is 2. The standard InChI is InChI=1S/C19H33N5O2/c1-6-16-15(17(7-2)23(4)22-16)13-21-19(20-8-3)24-11-9-14(10-12-24)18(25)26-5/h14H,6-13H2,1-5H3,(H,20,21). The van der Waals surface area contributed by atoms with E-state index in [1.807, 2.05) is 11.7 Å². The van der Waals surface area contributed by atoms with E-state index in [-0.39, 0.29) is 11.9 Å². The number of methoxy groups -OCH3 is 1. The van der Waals surface area contributed by atoms with Crippen LogP contribution in [0.3, 0.4) is 0 Å². The van der Waals surface area contributed by atoms with Crippen LogP contribution in [0.2, 0.25) is 0 Å². The van der Waals surface area contributed by atoms with Gasteiger partial charge in [-0.2, -0.15) is 5.10 Å². The first-order chi connectivity index (χ1) is 12.5. The Morgan fingerprint density at radius 2 is 1.96 bits per heavy atom. The van der Waals surface area contributed by atoms with Gasteiger partial charge in [0.05, 0.1) is 25.3 Å². The van der Waals surface area contributed by atoms with Crippen molar-refractivity contribution in [1.82, 2.24) is 20.0 Å². The number of aromatic nitrogens is 2. The first kappa shape index (κ1) is 20.3. The molecule has 0 saturated carbocycles. The molecule has 26 heavy (non-hydrogen) atoms. The highest BCUT2D eigenvalue weighted by Crippen LogP contribution is 2.20. The van der Waals surface area contributed by atoms with Gasteiger partial charge in [-0.05, 0) is 32.6 Å². The van der Waals surface area contributed by atoms with Crippen LogP contribution in [0.15, 0.2) is 4.99 Å². The summed E-state index contributed by atoms with van der Waals surface area (Å²) in [5.74, 6) is 0.835. The molecule has 7 heteroatoms. The summed E-state index contributed by atoms with van der Waals surface area (Å²) >= 11 is 0. The maximum atomic E-state index is 11.7. The van der Waals surface area contributed by atoms with Crippen LogP contribution in [0.4, 0.5) is 0 Å². The van der Waals surface area contributed by atoms with Gasteiger partial charge in [0, 0.05) is 37.9 Å². The average molecular weight is 364 g/mol. The molecule has 2 rings (SSSR count). The van der Waals surface area contributed by atoms with Crippen molar-refractivity contribution in [1.29, 1.82) is 0 Å². The molecular formula is C19H33N5O2. The third-order valence-corrected chi connectivity index (χ3v) is 5.08. The number of nitrogens with one attached hydrogen (secondary N) is 1. The van der Waals surface area contributed by atoms with Crippen molar-refractivity contribution in [3.8, 4) is 0 Å². The lowest BCUT2D eigenvalue weighted by molar-refractivity contribution is -0.146. The largest absolute Gasteiger partial charge is 0.469 e. The molecule has 1 aliphatic heterocycles. The zero-order valence-corrected chi connectivity index (χ0v) is 16.8. The Hall–Kier alpha value is -2.05. The monoisotopic (exact) mass is 363 g/mol. The molecule has 1 saturated heterocycles. The summed E-state index contributed by atoms with van der Waals surface area (Å²) in [5, 5.41) is 8.03. The summed E-state index contributed by atoms with van der Waals surface area (Å²) in [4.78, 5) is 18.9. The summed E-state index contributed by atoms with van der Waals surface area (Å²) in [6.07, 6.45) is 3.49. The molecule has 1 aliphatic rings. The lowest BCUT2D eigenvalue weighted by Crippen LogP contribution is -2.46. The molecule has 0 atom stereocenters. The summed E-state index contributed by atoms with van der Waals surface area (Å²) in [7, 11) is 3.47. The topological polar surface area (TPSA) is 71.8 Å². The number of esters is 1. The third-order valence-electron chi connectivity index (χ3n) is 5.08. The van der Waals surface area contributed by atoms with Crippen molar-refractivity contribution >= 4 is 11.9 Å². The van der Waals surface area contributed by atoms with E-state index in [1.165, 1.54) is 18.4 Å². The fraction of sp³-hybridized carbons (Fsp3) is 0.737. The minimum Gasteiger partial charge on any atom is -0.469 e. The first-order valence-corrected chi connectivity index (χ1v) is 9.70. The highest BCUT2D eigenvalue weighted by Gasteiger charge is 2.27. The molecule has 0 aliphatic carbocycles. The molecular weight excluding hydrogens is 330 g/mol. The Labute approximate surface area is 156 Å². The molecule has 0 spiro atoms. The van der Waals surface area contributed by atoms with E-state index in [2.05, 4.69) is 36.1 Å². The van der Waals surface area contributed by atoms with Crippen LogP contribution in [0, 0.1) is 5.92 Å². The Kier molecular flexibility index (Phi) is 7.48. The molecule has 0 aromatic carbocycles. The summed E-state index contributed by atoms with van der Waals surface area (Å²) < 4.78 is 6.86. The molecule has 1 N–H and O–H groups in total. The molecule has 1 aromatic heterocycles. The molecule has 0 bridgehead atoms. The SMILES string of the molecule is CCNC(=NCc1c(CC)nn(C)c1CC)N1CCC(C(=O)OC)CC1. The Bertz CT molecular complexity index is 630. The number of carbonyl (C=O) groups is 1. The Morgan fingerprint density at radius 1 is 1.27 bits per heavy atom. The number of piperidine rings is 1. The van der Waals surface area contributed by atoms with Gasteiger partial charge in [0.15, 0.2) is 5.96 Å². The van der Waals surface area contributed by atoms with Crippen LogP contribution in [0.1, 0.15) is 50.6 Å². The number of aliphatic imine (C=N–C) groups is 1. The third kappa shape index (κ3) is 4.56. The molecule has 0 radical (unpaired) electrons. The van der Waals surface area contributed by atoms with Gasteiger partial charge in [0.1, 0.15) is 0 Å². The number of carbonyl (C=O) groups excluding carboxylic acids is 1. The molecule has 0 unspecified atom stereocenters. The minimum atomic E-state index is -0.0953. The number of likely N-dealkylation sites (tertiary alicyclic amines) is 1. The minimum absolute atomic E-state index is 0.0100. The van der Waals surface area contributed by atoms with Gasteiger partial charge in [-0.3, -0.25) is 9.48 Å². The van der Waals surface area contributed by atoms with E-state index in [9.17, 15) is 4.79 Å². The van der Waals surface area contributed by atoms with Crippen molar-refractivity contribution in [2.24, 2.45) is 18.0 Å². The van der Waals surface area contributed by atoms with Crippen molar-refractivity contribution in [3.05, 3.63) is 17.0 Å². The molecule has 1 fully saturated rings. The summed E-state index contributed by atoms with van der Waals surface area (Å²) in [6, 6.07) is 0. The highest BCUT2D eigenvalue weighted by atomic mass is 16.5. The fourth-order valence-electron chi connectivity index (χ4n) is 3.65. The maximum Gasteiger partial charge on any atom is 0.308 e. The second-order valence-corrected chi connectivity index (χ2v) is 6.66. The second kappa shape index (κ2) is 9.59. The normalized spacial score (nSPS) is 16.0. The quantitative estimate of drug-likeness (QED) is 0.475. The van der Waals surface area contributed by atoms with Crippen LogP contribution in [0.5, 0.6) is 0 Å². The number of hydrogen-bond acceptors (Lipinski definition) is 4. The molecule has 0 amide bonds. The van der Waals surface area contributed by atoms with E-state index >= 15 is 0 Å². The number of hydrogen-bond donors (Lipinski definition) is 1. The smallest absolute Gasteiger partial charge is 0.308 e. The van der Waals surface area contributed by atoms with Crippen molar-refractivity contribution in [2.75, 3.05) is 26.7 Å². The molecule has 2 heterocycles. The van der Waals surface area contributed by atoms with E-state index in [0.29, 0.717) is 6.54 Å². The lowest BCUT2D eigenvalue weighted by atomic mass is 9.97. The first-order valence-electron chi connectivity index (χ1n) is 9.70. The highest BCUT2D eigenvalue weighted by molar-refractivity contribution is 5.80. The van der Waals surface area contributed by atoms with Crippen LogP contribution >= 0.6 is 0 Å². The van der Waals surface area contributed by atoms with Crippen molar-refractivity contribution in [3.63, 3.8) is 0 Å². The van der Waals surface area contributed by atoms with Gasteiger partial charge in [-0.1, -0.05) is 13.8 Å². The number of guanidine groups is 1. The van der Waals surface area contributed by atoms with E-state index in [1.54, 1.807) is 0 Å². The van der Waals surface area contributed by atoms with E-state index in [0.717, 1.165) is 57.0 Å². The van der Waals surface area contributed by atoms with Gasteiger partial charge in [-0.15, -0.1) is 0 Å². The Balaban J connectivity index is 2.12. The summed E-state index contributed by atoms with van der Waals surface area (Å²) in [5.41, 5.74) is 3.64. The van der Waals surface area contributed by atoms with Gasteiger partial charge in [-0.25, -0.2) is 4.99 Å². The molecule has 1 aromatic rings. The Morgan fingerprint density at radius 3 is 2.50 bits per heavy atom. The van der Waals surface area contributed by atoms with Gasteiger partial charge in [0.25, 0.3) is 0 Å². The predicted octanol–water partition coefficient (Wildman–Crippen LogP) is 1.90. The van der Waals surface area contributed by atoms with Crippen molar-refractivity contribution < 1.29 is 9.53 Å². The fourth-order valence-corrected chi connectivity index (χ4v) is 3.65. The van der Waals surface area contributed by atoms with Crippen LogP contribution < -0.4 is 5.32 Å². The van der Waals surface area contributed by atoms with E-state index < -0.39 is 0 Å². The van der Waals surface area contributed by atoms with Crippen LogP contribution in [-0.2, 0) is 36.0 Å². The van der Waals surface area contributed by atoms with Gasteiger partial charge >= 0.3 is 5.97 Å².